The molecule has 0 aliphatic rings. The Hall–Kier alpha value is -1.20. The molecule has 0 bridgehead atoms. The van der Waals surface area contributed by atoms with Gasteiger partial charge >= 0.3 is 0 Å². The highest BCUT2D eigenvalue weighted by molar-refractivity contribution is 7.80. The highest BCUT2D eigenvalue weighted by Crippen LogP contribution is 2.09. The molecule has 5 heteroatoms. The molecule has 0 aliphatic heterocycles. The van der Waals surface area contributed by atoms with Gasteiger partial charge in [-0.15, -0.1) is 0 Å². The Morgan fingerprint density at radius 3 is 2.56 bits per heavy atom. The monoisotopic (exact) mass is 242 g/mol. The van der Waals surface area contributed by atoms with Crippen molar-refractivity contribution in [1.82, 2.24) is 4.90 Å². The number of aliphatic hydroxyl groups is 1. The average molecular weight is 242 g/mol. The van der Waals surface area contributed by atoms with E-state index >= 15 is 0 Å². The number of nitrogens with one attached hydrogen (secondary N) is 1. The van der Waals surface area contributed by atoms with Crippen LogP contribution in [0, 0.1) is 5.82 Å². The molecule has 0 aliphatic carbocycles. The zero-order valence-electron chi connectivity index (χ0n) is 9.27. The van der Waals surface area contributed by atoms with Crippen molar-refractivity contribution in [3.63, 3.8) is 0 Å². The number of hydrogen-bond acceptors (Lipinski definition) is 2. The van der Waals surface area contributed by atoms with E-state index in [1.54, 1.807) is 31.0 Å². The fourth-order valence-corrected chi connectivity index (χ4v) is 1.42. The molecule has 1 aromatic carbocycles. The minimum Gasteiger partial charge on any atom is -0.392 e. The number of anilines is 1. The first-order valence-corrected chi connectivity index (χ1v) is 5.35. The summed E-state index contributed by atoms with van der Waals surface area (Å²) >= 11 is 5.12. The lowest BCUT2D eigenvalue weighted by Crippen LogP contribution is -2.36. The second-order valence-corrected chi connectivity index (χ2v) is 4.05. The molecular weight excluding hydrogens is 227 g/mol. The van der Waals surface area contributed by atoms with E-state index in [-0.39, 0.29) is 5.82 Å². The molecular formula is C11H15FN2OS. The first kappa shape index (κ1) is 12.9. The van der Waals surface area contributed by atoms with Crippen LogP contribution >= 0.6 is 12.2 Å². The van der Waals surface area contributed by atoms with E-state index in [4.69, 9.17) is 12.2 Å². The summed E-state index contributed by atoms with van der Waals surface area (Å²) in [7, 11) is 1.78. The number of hydrogen-bond donors (Lipinski definition) is 2. The number of benzene rings is 1. The maximum absolute atomic E-state index is 12.7. The smallest absolute Gasteiger partial charge is 0.173 e. The molecule has 0 saturated carbocycles. The summed E-state index contributed by atoms with van der Waals surface area (Å²) < 4.78 is 12.7. The Kier molecular flexibility index (Phi) is 4.64. The van der Waals surface area contributed by atoms with Crippen LogP contribution in [0.3, 0.4) is 0 Å². The van der Waals surface area contributed by atoms with Crippen molar-refractivity contribution in [3.05, 3.63) is 30.1 Å². The molecule has 0 aromatic heterocycles. The number of halogens is 1. The fraction of sp³-hybridized carbons (Fsp3) is 0.364. The van der Waals surface area contributed by atoms with Gasteiger partial charge < -0.3 is 15.3 Å². The number of thiocarbonyl (C=S) groups is 1. The molecule has 2 N–H and O–H groups in total. The molecule has 0 heterocycles. The Bertz CT molecular complexity index is 354. The highest BCUT2D eigenvalue weighted by atomic mass is 32.1. The second kappa shape index (κ2) is 5.77. The van der Waals surface area contributed by atoms with E-state index in [9.17, 15) is 9.50 Å². The van der Waals surface area contributed by atoms with E-state index < -0.39 is 6.10 Å². The van der Waals surface area contributed by atoms with Crippen LogP contribution in [0.2, 0.25) is 0 Å². The van der Waals surface area contributed by atoms with Gasteiger partial charge in [-0.2, -0.15) is 0 Å². The summed E-state index contributed by atoms with van der Waals surface area (Å²) in [5, 5.41) is 12.6. The van der Waals surface area contributed by atoms with Gasteiger partial charge in [0.1, 0.15) is 5.82 Å². The zero-order chi connectivity index (χ0) is 12.1. The first-order chi connectivity index (χ1) is 7.49. The normalized spacial score (nSPS) is 12.0. The van der Waals surface area contributed by atoms with Crippen LogP contribution in [0.4, 0.5) is 10.1 Å². The highest BCUT2D eigenvalue weighted by Gasteiger charge is 2.07. The Balaban J connectivity index is 2.54. The van der Waals surface area contributed by atoms with Crippen molar-refractivity contribution in [2.24, 2.45) is 0 Å². The molecule has 1 aromatic rings. The van der Waals surface area contributed by atoms with Gasteiger partial charge in [-0.1, -0.05) is 0 Å². The van der Waals surface area contributed by atoms with Gasteiger partial charge in [0.15, 0.2) is 5.11 Å². The lowest BCUT2D eigenvalue weighted by Gasteiger charge is -2.22. The first-order valence-electron chi connectivity index (χ1n) is 4.95. The van der Waals surface area contributed by atoms with Crippen LogP contribution in [0.15, 0.2) is 24.3 Å². The molecule has 0 fully saturated rings. The molecule has 88 valence electrons. The minimum atomic E-state index is -0.446. The Morgan fingerprint density at radius 2 is 2.06 bits per heavy atom. The van der Waals surface area contributed by atoms with Crippen molar-refractivity contribution < 1.29 is 9.50 Å². The van der Waals surface area contributed by atoms with Gasteiger partial charge in [-0.05, 0) is 43.4 Å². The minimum absolute atomic E-state index is 0.284. The van der Waals surface area contributed by atoms with Gasteiger partial charge in [0.25, 0.3) is 0 Å². The molecule has 16 heavy (non-hydrogen) atoms. The molecule has 0 saturated heterocycles. The molecule has 1 unspecified atom stereocenters. The molecule has 1 rings (SSSR count). The summed E-state index contributed by atoms with van der Waals surface area (Å²) in [5.74, 6) is -0.284. The third-order valence-corrected chi connectivity index (χ3v) is 2.39. The van der Waals surface area contributed by atoms with Gasteiger partial charge in [0.2, 0.25) is 0 Å². The van der Waals surface area contributed by atoms with Crippen LogP contribution in [0.25, 0.3) is 0 Å². The summed E-state index contributed by atoms with van der Waals surface area (Å²) in [6.45, 7) is 2.14. The topological polar surface area (TPSA) is 35.5 Å². The molecule has 0 amide bonds. The predicted octanol–water partition coefficient (Wildman–Crippen LogP) is 1.84. The Morgan fingerprint density at radius 1 is 1.50 bits per heavy atom. The molecule has 1 atom stereocenters. The number of rotatable bonds is 3. The van der Waals surface area contributed by atoms with Crippen LogP contribution in [0.5, 0.6) is 0 Å². The SMILES string of the molecule is CC(O)CN(C)C(=S)Nc1ccc(F)cc1. The zero-order valence-corrected chi connectivity index (χ0v) is 10.1. The lowest BCUT2D eigenvalue weighted by atomic mass is 10.3. The standard InChI is InChI=1S/C11H15FN2OS/c1-8(15)7-14(2)11(16)13-10-5-3-9(12)4-6-10/h3-6,8,15H,7H2,1-2H3,(H,13,16). The maximum Gasteiger partial charge on any atom is 0.173 e. The van der Waals surface area contributed by atoms with E-state index in [2.05, 4.69) is 5.32 Å². The summed E-state index contributed by atoms with van der Waals surface area (Å²) in [6, 6.07) is 5.94. The van der Waals surface area contributed by atoms with Crippen LogP contribution in [-0.2, 0) is 0 Å². The average Bonchev–Trinajstić information content (AvgIpc) is 2.20. The maximum atomic E-state index is 12.7. The third-order valence-electron chi connectivity index (χ3n) is 1.98. The Labute approximate surface area is 99.9 Å². The van der Waals surface area contributed by atoms with E-state index in [0.717, 1.165) is 5.69 Å². The van der Waals surface area contributed by atoms with Gasteiger partial charge in [-0.3, -0.25) is 0 Å². The van der Waals surface area contributed by atoms with Crippen molar-refractivity contribution in [3.8, 4) is 0 Å². The van der Waals surface area contributed by atoms with Crippen molar-refractivity contribution in [1.29, 1.82) is 0 Å². The molecule has 0 spiro atoms. The molecule has 0 radical (unpaired) electrons. The van der Waals surface area contributed by atoms with Gasteiger partial charge in [0.05, 0.1) is 6.10 Å². The summed E-state index contributed by atoms with van der Waals surface area (Å²) in [6.07, 6.45) is -0.446. The quantitative estimate of drug-likeness (QED) is 0.793. The van der Waals surface area contributed by atoms with Crippen LogP contribution in [0.1, 0.15) is 6.92 Å². The van der Waals surface area contributed by atoms with Crippen LogP contribution in [-0.4, -0.2) is 34.8 Å². The number of aliphatic hydroxyl groups excluding tert-OH is 1. The summed E-state index contributed by atoms with van der Waals surface area (Å²) in [5.41, 5.74) is 0.726. The predicted molar refractivity (Wildman–Crippen MR) is 66.9 cm³/mol. The lowest BCUT2D eigenvalue weighted by molar-refractivity contribution is 0.169. The number of likely N-dealkylation sites (N-methyl/N-ethyl adjacent to an activating group) is 1. The second-order valence-electron chi connectivity index (χ2n) is 3.67. The van der Waals surface area contributed by atoms with E-state index in [1.165, 1.54) is 12.1 Å². The van der Waals surface area contributed by atoms with Crippen molar-refractivity contribution >= 4 is 23.0 Å². The van der Waals surface area contributed by atoms with Gasteiger partial charge in [0, 0.05) is 19.3 Å². The van der Waals surface area contributed by atoms with Crippen molar-refractivity contribution in [2.75, 3.05) is 18.9 Å². The third kappa shape index (κ3) is 4.12. The van der Waals surface area contributed by atoms with E-state index in [1.807, 2.05) is 0 Å². The fourth-order valence-electron chi connectivity index (χ4n) is 1.23. The number of nitrogens with zero attached hydrogens (tertiary/aromatic N) is 1. The largest absolute Gasteiger partial charge is 0.392 e. The summed E-state index contributed by atoms with van der Waals surface area (Å²) in [4.78, 5) is 1.73. The molecule has 3 nitrogen and oxygen atoms in total. The van der Waals surface area contributed by atoms with Crippen LogP contribution < -0.4 is 5.32 Å². The van der Waals surface area contributed by atoms with Crippen molar-refractivity contribution in [2.45, 2.75) is 13.0 Å². The van der Waals surface area contributed by atoms with E-state index in [0.29, 0.717) is 11.7 Å². The van der Waals surface area contributed by atoms with Gasteiger partial charge in [-0.25, -0.2) is 4.39 Å².